The van der Waals surface area contributed by atoms with Crippen molar-refractivity contribution in [3.63, 3.8) is 0 Å². The minimum atomic E-state index is 0. The summed E-state index contributed by atoms with van der Waals surface area (Å²) in [4.78, 5) is 0. The summed E-state index contributed by atoms with van der Waals surface area (Å²) in [5.41, 5.74) is 1.00. The van der Waals surface area contributed by atoms with Gasteiger partial charge in [-0.05, 0) is 27.0 Å². The van der Waals surface area contributed by atoms with Crippen LogP contribution in [-0.4, -0.2) is 20.3 Å². The highest BCUT2D eigenvalue weighted by Crippen LogP contribution is 2.35. The highest BCUT2D eigenvalue weighted by molar-refractivity contribution is 6.30. The molecule has 17 heavy (non-hydrogen) atoms. The molecule has 1 rings (SSSR count). The standard InChI is InChI=1S/C12H18ClNO2.ClH/c1-8(2)16-12-9(7-14-3)5-10(13)6-11(12)15-4;/h5-6,8,14H,7H2,1-4H3;1H/p-1. The Kier molecular flexibility index (Phi) is 7.35. The maximum absolute atomic E-state index is 6.01. The number of hydrogen-bond donors (Lipinski definition) is 1. The lowest BCUT2D eigenvalue weighted by Crippen LogP contribution is -3.00. The van der Waals surface area contributed by atoms with Crippen LogP contribution in [0.2, 0.25) is 5.02 Å². The van der Waals surface area contributed by atoms with Crippen molar-refractivity contribution in [2.75, 3.05) is 14.2 Å². The summed E-state index contributed by atoms with van der Waals surface area (Å²) in [6.45, 7) is 4.66. The number of methoxy groups -OCH3 is 1. The molecule has 0 saturated heterocycles. The highest BCUT2D eigenvalue weighted by atomic mass is 35.5. The van der Waals surface area contributed by atoms with Gasteiger partial charge in [0.25, 0.3) is 0 Å². The summed E-state index contributed by atoms with van der Waals surface area (Å²) in [5, 5.41) is 3.73. The third-order valence-electron chi connectivity index (χ3n) is 2.04. The summed E-state index contributed by atoms with van der Waals surface area (Å²) >= 11 is 6.01. The van der Waals surface area contributed by atoms with Crippen LogP contribution in [-0.2, 0) is 6.54 Å². The van der Waals surface area contributed by atoms with Crippen molar-refractivity contribution >= 4 is 11.6 Å². The van der Waals surface area contributed by atoms with Gasteiger partial charge in [-0.2, -0.15) is 0 Å². The molecule has 1 aromatic rings. The number of nitrogens with one attached hydrogen (secondary N) is 1. The third kappa shape index (κ3) is 4.62. The van der Waals surface area contributed by atoms with Crippen LogP contribution in [0.15, 0.2) is 12.1 Å². The van der Waals surface area contributed by atoms with Crippen molar-refractivity contribution in [3.8, 4) is 11.5 Å². The fourth-order valence-corrected chi connectivity index (χ4v) is 1.70. The van der Waals surface area contributed by atoms with Crippen molar-refractivity contribution in [2.45, 2.75) is 26.5 Å². The molecular weight excluding hydrogens is 261 g/mol. The maximum Gasteiger partial charge on any atom is 0.166 e. The first-order chi connectivity index (χ1) is 7.58. The molecule has 0 spiro atoms. The van der Waals surface area contributed by atoms with E-state index in [1.807, 2.05) is 27.0 Å². The van der Waals surface area contributed by atoms with Gasteiger partial charge in [-0.3, -0.25) is 0 Å². The molecule has 1 N–H and O–H groups in total. The van der Waals surface area contributed by atoms with E-state index in [4.69, 9.17) is 21.1 Å². The Bertz CT molecular complexity index is 357. The van der Waals surface area contributed by atoms with Crippen molar-refractivity contribution in [2.24, 2.45) is 0 Å². The molecule has 0 aromatic heterocycles. The summed E-state index contributed by atoms with van der Waals surface area (Å²) < 4.78 is 11.0. The van der Waals surface area contributed by atoms with Gasteiger partial charge in [-0.1, -0.05) is 11.6 Å². The van der Waals surface area contributed by atoms with Crippen LogP contribution in [0.4, 0.5) is 0 Å². The fraction of sp³-hybridized carbons (Fsp3) is 0.500. The average Bonchev–Trinajstić information content (AvgIpc) is 2.21. The number of ether oxygens (including phenoxy) is 2. The summed E-state index contributed by atoms with van der Waals surface area (Å²) in [5.74, 6) is 1.43. The first-order valence-corrected chi connectivity index (χ1v) is 5.64. The Morgan fingerprint density at radius 3 is 2.47 bits per heavy atom. The average molecular weight is 279 g/mol. The Hall–Kier alpha value is -0.640. The second-order valence-corrected chi connectivity index (χ2v) is 4.23. The van der Waals surface area contributed by atoms with Crippen LogP contribution in [0.25, 0.3) is 0 Å². The Morgan fingerprint density at radius 1 is 1.35 bits per heavy atom. The van der Waals surface area contributed by atoms with Crippen LogP contribution in [0.1, 0.15) is 19.4 Å². The van der Waals surface area contributed by atoms with Gasteiger partial charge >= 0.3 is 0 Å². The second kappa shape index (κ2) is 7.64. The normalized spacial score (nSPS) is 10.0. The molecule has 0 aliphatic carbocycles. The van der Waals surface area contributed by atoms with Crippen LogP contribution in [0.3, 0.4) is 0 Å². The Morgan fingerprint density at radius 2 is 2.00 bits per heavy atom. The molecule has 0 heterocycles. The Labute approximate surface area is 114 Å². The van der Waals surface area contributed by atoms with Crippen molar-refractivity contribution < 1.29 is 21.9 Å². The second-order valence-electron chi connectivity index (χ2n) is 3.79. The summed E-state index contributed by atoms with van der Waals surface area (Å²) in [7, 11) is 3.49. The SMILES string of the molecule is CNCc1cc(Cl)cc(OC)c1OC(C)C.[Cl-]. The van der Waals surface area contributed by atoms with Gasteiger partial charge in [0.15, 0.2) is 11.5 Å². The first-order valence-electron chi connectivity index (χ1n) is 5.26. The zero-order chi connectivity index (χ0) is 12.1. The van der Waals surface area contributed by atoms with Crippen LogP contribution in [0, 0.1) is 0 Å². The van der Waals surface area contributed by atoms with Gasteiger partial charge in [0.05, 0.1) is 13.2 Å². The smallest absolute Gasteiger partial charge is 0.166 e. The third-order valence-corrected chi connectivity index (χ3v) is 2.26. The van der Waals surface area contributed by atoms with Crippen molar-refractivity contribution in [1.82, 2.24) is 5.32 Å². The fourth-order valence-electron chi connectivity index (χ4n) is 1.47. The monoisotopic (exact) mass is 278 g/mol. The Balaban J connectivity index is 0.00000256. The molecule has 0 radical (unpaired) electrons. The highest BCUT2D eigenvalue weighted by Gasteiger charge is 2.13. The molecule has 98 valence electrons. The lowest BCUT2D eigenvalue weighted by molar-refractivity contribution is -0.00000467. The quantitative estimate of drug-likeness (QED) is 0.814. The van der Waals surface area contributed by atoms with E-state index in [0.29, 0.717) is 17.3 Å². The van der Waals surface area contributed by atoms with Crippen molar-refractivity contribution in [1.29, 1.82) is 0 Å². The molecule has 0 bridgehead atoms. The van der Waals surface area contributed by atoms with E-state index in [1.165, 1.54) is 0 Å². The molecule has 5 heteroatoms. The predicted octanol–water partition coefficient (Wildman–Crippen LogP) is -0.141. The number of halogens is 2. The van der Waals surface area contributed by atoms with E-state index in [0.717, 1.165) is 11.3 Å². The molecule has 0 saturated carbocycles. The number of rotatable bonds is 5. The molecule has 1 aromatic carbocycles. The van der Waals surface area contributed by atoms with Crippen molar-refractivity contribution in [3.05, 3.63) is 22.7 Å². The topological polar surface area (TPSA) is 30.5 Å². The van der Waals surface area contributed by atoms with E-state index >= 15 is 0 Å². The molecule has 0 fully saturated rings. The van der Waals surface area contributed by atoms with E-state index < -0.39 is 0 Å². The van der Waals surface area contributed by atoms with E-state index in [1.54, 1.807) is 13.2 Å². The zero-order valence-electron chi connectivity index (χ0n) is 10.5. The lowest BCUT2D eigenvalue weighted by atomic mass is 10.2. The number of hydrogen-bond acceptors (Lipinski definition) is 3. The van der Waals surface area contributed by atoms with E-state index in [2.05, 4.69) is 5.32 Å². The maximum atomic E-state index is 6.01. The summed E-state index contributed by atoms with van der Waals surface area (Å²) in [6, 6.07) is 3.65. The van der Waals surface area contributed by atoms with Gasteiger partial charge < -0.3 is 27.2 Å². The molecule has 0 amide bonds. The lowest BCUT2D eigenvalue weighted by Gasteiger charge is -2.17. The van der Waals surface area contributed by atoms with Crippen LogP contribution in [0.5, 0.6) is 11.5 Å². The van der Waals surface area contributed by atoms with Gasteiger partial charge in [-0.15, -0.1) is 0 Å². The van der Waals surface area contributed by atoms with E-state index in [-0.39, 0.29) is 18.5 Å². The largest absolute Gasteiger partial charge is 1.00 e. The predicted molar refractivity (Wildman–Crippen MR) is 66.5 cm³/mol. The first kappa shape index (κ1) is 16.4. The minimum Gasteiger partial charge on any atom is -1.00 e. The van der Waals surface area contributed by atoms with E-state index in [9.17, 15) is 0 Å². The molecule has 0 unspecified atom stereocenters. The molecule has 3 nitrogen and oxygen atoms in total. The van der Waals surface area contributed by atoms with Gasteiger partial charge in [0.1, 0.15) is 0 Å². The minimum absolute atomic E-state index is 0. The van der Waals surface area contributed by atoms with Crippen LogP contribution < -0.4 is 27.2 Å². The zero-order valence-corrected chi connectivity index (χ0v) is 12.0. The van der Waals surface area contributed by atoms with Gasteiger partial charge in [0, 0.05) is 23.2 Å². The molecule has 0 atom stereocenters. The molecular formula is C12H18Cl2NO2-. The molecule has 0 aliphatic rings. The number of benzene rings is 1. The molecule has 0 aliphatic heterocycles. The van der Waals surface area contributed by atoms with Crippen LogP contribution >= 0.6 is 11.6 Å². The summed E-state index contributed by atoms with van der Waals surface area (Å²) in [6.07, 6.45) is 0.102. The van der Waals surface area contributed by atoms with Gasteiger partial charge in [0.2, 0.25) is 0 Å². The van der Waals surface area contributed by atoms with Gasteiger partial charge in [-0.25, -0.2) is 0 Å².